The number of methoxy groups -OCH3 is 1. The second-order valence-electron chi connectivity index (χ2n) is 3.61. The van der Waals surface area contributed by atoms with E-state index in [1.807, 2.05) is 0 Å². The number of hydrogen-bond donors (Lipinski definition) is 1. The van der Waals surface area contributed by atoms with E-state index in [2.05, 4.69) is 14.9 Å². The summed E-state index contributed by atoms with van der Waals surface area (Å²) < 4.78 is 30.2. The molecule has 0 spiro atoms. The third-order valence-corrected chi connectivity index (χ3v) is 2.41. The van der Waals surface area contributed by atoms with Gasteiger partial charge in [-0.25, -0.2) is 13.6 Å². The van der Waals surface area contributed by atoms with Crippen LogP contribution in [0.3, 0.4) is 0 Å². The molecule has 0 saturated carbocycles. The van der Waals surface area contributed by atoms with Crippen molar-refractivity contribution in [3.05, 3.63) is 51.8 Å². The number of hydrogen-bond acceptors (Lipinski definition) is 4. The van der Waals surface area contributed by atoms with Gasteiger partial charge in [0.2, 0.25) is 11.1 Å². The fourth-order valence-electron chi connectivity index (χ4n) is 1.46. The number of rotatable bonds is 2. The van der Waals surface area contributed by atoms with E-state index in [-0.39, 0.29) is 11.3 Å². The Morgan fingerprint density at radius 3 is 2.58 bits per heavy atom. The van der Waals surface area contributed by atoms with Gasteiger partial charge < -0.3 is 4.74 Å². The second kappa shape index (κ2) is 4.97. The molecule has 0 fully saturated rings. The van der Waals surface area contributed by atoms with E-state index in [0.29, 0.717) is 0 Å². The van der Waals surface area contributed by atoms with E-state index in [1.54, 1.807) is 0 Å². The lowest BCUT2D eigenvalue weighted by Crippen LogP contribution is -2.19. The number of H-pyrrole nitrogens is 1. The smallest absolute Gasteiger partial charge is 0.362 e. The molecule has 7 heteroatoms. The molecule has 0 saturated heterocycles. The normalized spacial score (nSPS) is 10.3. The van der Waals surface area contributed by atoms with Gasteiger partial charge in [-0.1, -0.05) is 0 Å². The molecule has 0 unspecified atom stereocenters. The Bertz CT molecular complexity index is 698. The largest absolute Gasteiger partial charge is 0.464 e. The minimum absolute atomic E-state index is 0.163. The average molecular weight is 266 g/mol. The average Bonchev–Trinajstić information content (AvgIpc) is 2.41. The van der Waals surface area contributed by atoms with Crippen LogP contribution in [-0.2, 0) is 4.74 Å². The van der Waals surface area contributed by atoms with Gasteiger partial charge in [0.15, 0.2) is 11.6 Å². The fraction of sp³-hybridized carbons (Fsp3) is 0.0833. The van der Waals surface area contributed by atoms with Crippen molar-refractivity contribution >= 4 is 5.97 Å². The van der Waals surface area contributed by atoms with E-state index >= 15 is 0 Å². The van der Waals surface area contributed by atoms with Crippen LogP contribution in [-0.4, -0.2) is 23.3 Å². The van der Waals surface area contributed by atoms with Crippen LogP contribution >= 0.6 is 0 Å². The van der Waals surface area contributed by atoms with E-state index in [9.17, 15) is 18.4 Å². The monoisotopic (exact) mass is 266 g/mol. The molecule has 1 N–H and O–H groups in total. The van der Waals surface area contributed by atoms with Crippen LogP contribution < -0.4 is 5.43 Å². The highest BCUT2D eigenvalue weighted by atomic mass is 19.2. The highest BCUT2D eigenvalue weighted by Gasteiger charge is 2.14. The molecule has 19 heavy (non-hydrogen) atoms. The highest BCUT2D eigenvalue weighted by Crippen LogP contribution is 2.17. The molecule has 0 aliphatic rings. The molecule has 2 rings (SSSR count). The van der Waals surface area contributed by atoms with Crippen LogP contribution in [0.5, 0.6) is 0 Å². The summed E-state index contributed by atoms with van der Waals surface area (Å²) in [5.41, 5.74) is -0.685. The first-order valence-electron chi connectivity index (χ1n) is 5.16. The van der Waals surface area contributed by atoms with Crippen LogP contribution in [0, 0.1) is 11.6 Å². The zero-order chi connectivity index (χ0) is 14.0. The van der Waals surface area contributed by atoms with Crippen LogP contribution in [0.1, 0.15) is 10.5 Å². The van der Waals surface area contributed by atoms with Gasteiger partial charge in [0.1, 0.15) is 0 Å². The van der Waals surface area contributed by atoms with E-state index in [0.717, 1.165) is 25.3 Å². The summed E-state index contributed by atoms with van der Waals surface area (Å²) in [5, 5.41) is 5.97. The molecule has 98 valence electrons. The zero-order valence-electron chi connectivity index (χ0n) is 9.74. The van der Waals surface area contributed by atoms with Gasteiger partial charge in [-0.2, -0.15) is 5.10 Å². The number of aromatic nitrogens is 2. The first-order chi connectivity index (χ1) is 9.02. The molecular weight excluding hydrogens is 258 g/mol. The molecule has 2 aromatic rings. The summed E-state index contributed by atoms with van der Waals surface area (Å²) in [4.78, 5) is 22.8. The summed E-state index contributed by atoms with van der Waals surface area (Å²) in [6.07, 6.45) is 0. The maximum absolute atomic E-state index is 13.1. The molecule has 0 aliphatic carbocycles. The Balaban J connectivity index is 2.47. The summed E-state index contributed by atoms with van der Waals surface area (Å²) in [6, 6.07) is 4.19. The molecule has 5 nitrogen and oxygen atoms in total. The number of aromatic amines is 1. The van der Waals surface area contributed by atoms with Crippen molar-refractivity contribution in [2.45, 2.75) is 0 Å². The number of esters is 1. The molecule has 0 bridgehead atoms. The van der Waals surface area contributed by atoms with Gasteiger partial charge >= 0.3 is 5.97 Å². The SMILES string of the molecule is COC(=O)c1n[nH]c(-c2ccc(F)c(F)c2)cc1=O. The Kier molecular flexibility index (Phi) is 3.37. The van der Waals surface area contributed by atoms with Crippen molar-refractivity contribution in [1.29, 1.82) is 0 Å². The predicted octanol–water partition coefficient (Wildman–Crippen LogP) is 1.50. The number of carbonyl (C=O) groups excluding carboxylic acids is 1. The van der Waals surface area contributed by atoms with Crippen LogP contribution in [0.2, 0.25) is 0 Å². The van der Waals surface area contributed by atoms with Gasteiger partial charge in [0, 0.05) is 11.6 Å². The summed E-state index contributed by atoms with van der Waals surface area (Å²) in [7, 11) is 1.12. The second-order valence-corrected chi connectivity index (χ2v) is 3.61. The molecule has 0 atom stereocenters. The molecule has 1 heterocycles. The fourth-order valence-corrected chi connectivity index (χ4v) is 1.46. The summed E-state index contributed by atoms with van der Waals surface area (Å²) in [6.45, 7) is 0. The van der Waals surface area contributed by atoms with Crippen molar-refractivity contribution < 1.29 is 18.3 Å². The third kappa shape index (κ3) is 2.49. The lowest BCUT2D eigenvalue weighted by molar-refractivity contribution is 0.0591. The van der Waals surface area contributed by atoms with E-state index < -0.39 is 28.7 Å². The van der Waals surface area contributed by atoms with Crippen molar-refractivity contribution in [3.63, 3.8) is 0 Å². The maximum atomic E-state index is 13.1. The van der Waals surface area contributed by atoms with E-state index in [4.69, 9.17) is 0 Å². The Labute approximate surface area is 105 Å². The first kappa shape index (κ1) is 12.9. The number of benzene rings is 1. The number of carbonyl (C=O) groups is 1. The van der Waals surface area contributed by atoms with Crippen molar-refractivity contribution in [2.24, 2.45) is 0 Å². The minimum Gasteiger partial charge on any atom is -0.464 e. The number of nitrogens with one attached hydrogen (secondary N) is 1. The molecular formula is C12H8F2N2O3. The third-order valence-electron chi connectivity index (χ3n) is 2.41. The zero-order valence-corrected chi connectivity index (χ0v) is 9.74. The van der Waals surface area contributed by atoms with Gasteiger partial charge in [-0.05, 0) is 18.2 Å². The quantitative estimate of drug-likeness (QED) is 0.836. The maximum Gasteiger partial charge on any atom is 0.362 e. The van der Waals surface area contributed by atoms with Crippen molar-refractivity contribution in [1.82, 2.24) is 10.2 Å². The summed E-state index contributed by atoms with van der Waals surface area (Å²) >= 11 is 0. The standard InChI is InChI=1S/C12H8F2N2O3/c1-19-12(18)11-10(17)5-9(15-16-11)6-2-3-7(13)8(14)4-6/h2-5H,1H3,(H,15,17). The number of halogens is 2. The lowest BCUT2D eigenvalue weighted by atomic mass is 10.1. The Morgan fingerprint density at radius 1 is 1.26 bits per heavy atom. The van der Waals surface area contributed by atoms with Crippen LogP contribution in [0.4, 0.5) is 8.78 Å². The van der Waals surface area contributed by atoms with Gasteiger partial charge in [0.25, 0.3) is 0 Å². The topological polar surface area (TPSA) is 72.0 Å². The first-order valence-corrected chi connectivity index (χ1v) is 5.16. The number of ether oxygens (including phenoxy) is 1. The molecule has 0 radical (unpaired) electrons. The van der Waals surface area contributed by atoms with E-state index in [1.165, 1.54) is 6.07 Å². The van der Waals surface area contributed by atoms with Gasteiger partial charge in [0.05, 0.1) is 12.8 Å². The van der Waals surface area contributed by atoms with Crippen molar-refractivity contribution in [3.8, 4) is 11.3 Å². The highest BCUT2D eigenvalue weighted by molar-refractivity contribution is 5.87. The van der Waals surface area contributed by atoms with Crippen molar-refractivity contribution in [2.75, 3.05) is 7.11 Å². The Morgan fingerprint density at radius 2 is 2.00 bits per heavy atom. The van der Waals surface area contributed by atoms with Gasteiger partial charge in [-0.3, -0.25) is 9.89 Å². The van der Waals surface area contributed by atoms with Gasteiger partial charge in [-0.15, -0.1) is 0 Å². The predicted molar refractivity (Wildman–Crippen MR) is 61.5 cm³/mol. The minimum atomic E-state index is -1.05. The molecule has 0 aliphatic heterocycles. The van der Waals surface area contributed by atoms with Crippen LogP contribution in [0.15, 0.2) is 29.1 Å². The molecule has 0 amide bonds. The molecule has 1 aromatic carbocycles. The summed E-state index contributed by atoms with van der Waals surface area (Å²) in [5.74, 6) is -2.92. The lowest BCUT2D eigenvalue weighted by Gasteiger charge is -2.03. The Hall–Kier alpha value is -2.57. The molecule has 1 aromatic heterocycles. The van der Waals surface area contributed by atoms with Crippen LogP contribution in [0.25, 0.3) is 11.3 Å². The number of nitrogens with zero attached hydrogens (tertiary/aromatic N) is 1.